The smallest absolute Gasteiger partial charge is 0.144 e. The Labute approximate surface area is 119 Å². The Morgan fingerprint density at radius 3 is 2.42 bits per heavy atom. The first-order valence-corrected chi connectivity index (χ1v) is 7.73. The number of hydrogen-bond acceptors (Lipinski definition) is 3. The summed E-state index contributed by atoms with van der Waals surface area (Å²) < 4.78 is 21.1. The Morgan fingerprint density at radius 2 is 1.89 bits per heavy atom. The molecule has 0 fully saturated rings. The van der Waals surface area contributed by atoms with Gasteiger partial charge >= 0.3 is 0 Å². The zero-order chi connectivity index (χ0) is 14.3. The van der Waals surface area contributed by atoms with Crippen LogP contribution in [0.3, 0.4) is 0 Å². The van der Waals surface area contributed by atoms with Gasteiger partial charge in [-0.25, -0.2) is 0 Å². The molecule has 0 N–H and O–H groups in total. The Balaban J connectivity index is 2.54. The zero-order valence-electron chi connectivity index (χ0n) is 12.2. The highest BCUT2D eigenvalue weighted by Crippen LogP contribution is 2.17. The van der Waals surface area contributed by atoms with Gasteiger partial charge in [-0.15, -0.1) is 0 Å². The molecule has 0 spiro atoms. The first-order chi connectivity index (χ1) is 8.93. The van der Waals surface area contributed by atoms with Crippen LogP contribution in [-0.4, -0.2) is 22.1 Å². The summed E-state index contributed by atoms with van der Waals surface area (Å²) in [5.41, 5.74) is 0.931. The van der Waals surface area contributed by atoms with Crippen LogP contribution in [0.25, 0.3) is 0 Å². The second kappa shape index (κ2) is 7.56. The van der Waals surface area contributed by atoms with Gasteiger partial charge in [0.05, 0.1) is 12.8 Å². The fourth-order valence-electron chi connectivity index (χ4n) is 1.25. The highest BCUT2D eigenvalue weighted by molar-refractivity contribution is 7.91. The number of benzene rings is 1. The van der Waals surface area contributed by atoms with Gasteiger partial charge in [0, 0.05) is 0 Å². The molecule has 1 unspecified atom stereocenters. The third-order valence-corrected chi connectivity index (χ3v) is 3.81. The minimum Gasteiger partial charge on any atom is -0.591 e. The van der Waals surface area contributed by atoms with Gasteiger partial charge in [-0.1, -0.05) is 17.7 Å². The van der Waals surface area contributed by atoms with Crippen LogP contribution in [-0.2, 0) is 11.4 Å². The molecule has 4 heteroatoms. The van der Waals surface area contributed by atoms with E-state index >= 15 is 0 Å². The minimum atomic E-state index is -1.21. The van der Waals surface area contributed by atoms with Gasteiger partial charge in [0.25, 0.3) is 0 Å². The van der Waals surface area contributed by atoms with Crippen LogP contribution >= 0.6 is 0 Å². The summed E-state index contributed by atoms with van der Waals surface area (Å²) in [7, 11) is 0. The molecule has 0 aromatic heterocycles. The monoisotopic (exact) mass is 281 g/mol. The summed E-state index contributed by atoms with van der Waals surface area (Å²) in [6, 6.07) is 7.67. The molecule has 1 rings (SSSR count). The molecule has 0 saturated carbocycles. The van der Waals surface area contributed by atoms with Crippen molar-refractivity contribution in [2.45, 2.75) is 45.3 Å². The molecule has 106 valence electrons. The quantitative estimate of drug-likeness (QED) is 0.453. The third kappa shape index (κ3) is 6.12. The van der Waals surface area contributed by atoms with Crippen LogP contribution in [0.2, 0.25) is 0 Å². The number of unbranched alkanes of at least 4 members (excludes halogenated alkanes) is 1. The maximum Gasteiger partial charge on any atom is 0.144 e. The Morgan fingerprint density at radius 1 is 1.26 bits per heavy atom. The predicted molar refractivity (Wildman–Crippen MR) is 82.3 cm³/mol. The van der Waals surface area contributed by atoms with Gasteiger partial charge in [0.15, 0.2) is 0 Å². The maximum atomic E-state index is 11.8. The van der Waals surface area contributed by atoms with Gasteiger partial charge in [-0.05, 0) is 57.0 Å². The van der Waals surface area contributed by atoms with Gasteiger partial charge in [-0.2, -0.15) is 0 Å². The van der Waals surface area contributed by atoms with Gasteiger partial charge in [-0.3, -0.25) is 0 Å². The largest absolute Gasteiger partial charge is 0.591 e. The molecular weight excluding hydrogens is 258 g/mol. The van der Waals surface area contributed by atoms with E-state index in [1.54, 1.807) is 6.21 Å². The van der Waals surface area contributed by atoms with Crippen LogP contribution in [0.15, 0.2) is 28.7 Å². The van der Waals surface area contributed by atoms with E-state index in [2.05, 4.69) is 11.3 Å². The lowest BCUT2D eigenvalue weighted by atomic mass is 10.2. The number of hydrogen-bond donors (Lipinski definition) is 0. The van der Waals surface area contributed by atoms with E-state index in [1.165, 1.54) is 0 Å². The lowest BCUT2D eigenvalue weighted by Crippen LogP contribution is -2.25. The van der Waals surface area contributed by atoms with Crippen LogP contribution in [0.4, 0.5) is 0 Å². The maximum absolute atomic E-state index is 11.8. The van der Waals surface area contributed by atoms with E-state index in [-0.39, 0.29) is 4.75 Å². The van der Waals surface area contributed by atoms with Crippen molar-refractivity contribution < 1.29 is 9.29 Å². The molecule has 0 radical (unpaired) electrons. The van der Waals surface area contributed by atoms with E-state index in [0.717, 1.165) is 30.8 Å². The second-order valence-corrected chi connectivity index (χ2v) is 7.30. The molecule has 3 nitrogen and oxygen atoms in total. The standard InChI is InChI=1S/C15H23NO2S/c1-5-6-11-18-14-9-7-13(8-10-14)12-16-19(17)15(2,3)4/h7-10,12H,5-6,11H2,1-4H3/b16-12-. The van der Waals surface area contributed by atoms with E-state index in [1.807, 2.05) is 45.0 Å². The van der Waals surface area contributed by atoms with E-state index in [9.17, 15) is 4.55 Å². The Hall–Kier alpha value is -1.00. The van der Waals surface area contributed by atoms with Crippen molar-refractivity contribution in [3.8, 4) is 5.75 Å². The molecule has 0 amide bonds. The topological polar surface area (TPSA) is 44.6 Å². The lowest BCUT2D eigenvalue weighted by Gasteiger charge is -2.17. The van der Waals surface area contributed by atoms with Crippen molar-refractivity contribution in [3.05, 3.63) is 29.8 Å². The average molecular weight is 281 g/mol. The molecule has 0 aliphatic carbocycles. The fourth-order valence-corrected chi connectivity index (χ4v) is 1.78. The molecule has 1 aromatic carbocycles. The van der Waals surface area contributed by atoms with Crippen molar-refractivity contribution >= 4 is 17.6 Å². The van der Waals surface area contributed by atoms with Gasteiger partial charge in [0.2, 0.25) is 0 Å². The molecule has 0 bridgehead atoms. The molecule has 0 saturated heterocycles. The SMILES string of the molecule is CCCCOc1ccc(/C=N\[S+]([O-])C(C)(C)C)cc1. The summed E-state index contributed by atoms with van der Waals surface area (Å²) in [5.74, 6) is 0.863. The minimum absolute atomic E-state index is 0.320. The highest BCUT2D eigenvalue weighted by atomic mass is 32.2. The number of nitrogens with zero attached hydrogens (tertiary/aromatic N) is 1. The normalized spacial score (nSPS) is 13.7. The van der Waals surface area contributed by atoms with Crippen molar-refractivity contribution in [3.63, 3.8) is 0 Å². The zero-order valence-corrected chi connectivity index (χ0v) is 13.0. The predicted octanol–water partition coefficient (Wildman–Crippen LogP) is 3.75. The van der Waals surface area contributed by atoms with Crippen molar-refractivity contribution in [2.75, 3.05) is 6.61 Å². The first kappa shape index (κ1) is 16.1. The molecule has 19 heavy (non-hydrogen) atoms. The van der Waals surface area contributed by atoms with E-state index < -0.39 is 11.4 Å². The lowest BCUT2D eigenvalue weighted by molar-refractivity contribution is 0.309. The molecule has 1 atom stereocenters. The number of ether oxygens (including phenoxy) is 1. The van der Waals surface area contributed by atoms with E-state index in [4.69, 9.17) is 4.74 Å². The Kier molecular flexibility index (Phi) is 6.38. The summed E-state index contributed by atoms with van der Waals surface area (Å²) in [4.78, 5) is 0. The van der Waals surface area contributed by atoms with Crippen molar-refractivity contribution in [1.82, 2.24) is 0 Å². The highest BCUT2D eigenvalue weighted by Gasteiger charge is 2.25. The summed E-state index contributed by atoms with van der Waals surface area (Å²) in [6.07, 6.45) is 3.84. The van der Waals surface area contributed by atoms with E-state index in [0.29, 0.717) is 0 Å². The first-order valence-electron chi connectivity index (χ1n) is 6.62. The summed E-state index contributed by atoms with van der Waals surface area (Å²) in [5, 5.41) is 0. The number of rotatable bonds is 6. The van der Waals surface area contributed by atoms with Gasteiger partial charge in [0.1, 0.15) is 21.9 Å². The summed E-state index contributed by atoms with van der Waals surface area (Å²) in [6.45, 7) is 8.61. The van der Waals surface area contributed by atoms with Crippen LogP contribution in [0.5, 0.6) is 5.75 Å². The molecule has 1 aromatic rings. The van der Waals surface area contributed by atoms with Crippen LogP contribution in [0, 0.1) is 0 Å². The fraction of sp³-hybridized carbons (Fsp3) is 0.533. The third-order valence-electron chi connectivity index (χ3n) is 2.47. The van der Waals surface area contributed by atoms with Crippen LogP contribution in [0.1, 0.15) is 46.1 Å². The molecule has 0 heterocycles. The molecule has 0 aliphatic rings. The average Bonchev–Trinajstić information content (AvgIpc) is 2.36. The Bertz CT molecular complexity index is 396. The van der Waals surface area contributed by atoms with Crippen molar-refractivity contribution in [2.24, 2.45) is 4.40 Å². The van der Waals surface area contributed by atoms with Crippen molar-refractivity contribution in [1.29, 1.82) is 0 Å². The molecular formula is C15H23NO2S. The van der Waals surface area contributed by atoms with Gasteiger partial charge < -0.3 is 9.29 Å². The van der Waals surface area contributed by atoms with Crippen LogP contribution < -0.4 is 4.74 Å². The second-order valence-electron chi connectivity index (χ2n) is 5.37. The molecule has 0 aliphatic heterocycles. The summed E-state index contributed by atoms with van der Waals surface area (Å²) >= 11 is -1.21.